The van der Waals surface area contributed by atoms with Gasteiger partial charge in [-0.3, -0.25) is 30.0 Å². The number of benzene rings is 3. The second-order valence-electron chi connectivity index (χ2n) is 6.74. The van der Waals surface area contributed by atoms with Crippen molar-refractivity contribution in [1.82, 2.24) is 10.9 Å². The van der Waals surface area contributed by atoms with Gasteiger partial charge in [0.15, 0.2) is 6.61 Å². The summed E-state index contributed by atoms with van der Waals surface area (Å²) in [5, 5.41) is 4.67. The van der Waals surface area contributed by atoms with E-state index in [0.717, 1.165) is 15.2 Å². The number of carbonyl (C=O) groups excluding carboxylic acids is 4. The molecule has 0 aliphatic carbocycles. The molecule has 0 bridgehead atoms. The van der Waals surface area contributed by atoms with Crippen LogP contribution in [0, 0.1) is 0 Å². The van der Waals surface area contributed by atoms with Crippen LogP contribution in [-0.2, 0) is 19.1 Å². The number of rotatable bonds is 7. The first-order valence-electron chi connectivity index (χ1n) is 9.70. The van der Waals surface area contributed by atoms with Crippen LogP contribution in [0.3, 0.4) is 0 Å². The van der Waals surface area contributed by atoms with Crippen LogP contribution in [0.25, 0.3) is 10.8 Å². The molecule has 0 saturated carbocycles. The number of hydrogen-bond donors (Lipinski definition) is 3. The number of fused-ring (bicyclic) bond motifs is 1. The maximum absolute atomic E-state index is 12.2. The standard InChI is InChI=1S/C23H20BrN3O5/c24-17-10-8-16(9-11-17)23(31)27-26-21(29)14-32-22(30)13-12-20(28)25-19-7-3-5-15-4-1-2-6-18(15)19/h1-11H,12-14H2,(H,25,28)(H,26,29)(H,27,31). The fourth-order valence-corrected chi connectivity index (χ4v) is 3.08. The zero-order chi connectivity index (χ0) is 22.9. The smallest absolute Gasteiger partial charge is 0.306 e. The van der Waals surface area contributed by atoms with Crippen LogP contribution >= 0.6 is 15.9 Å². The largest absolute Gasteiger partial charge is 0.455 e. The van der Waals surface area contributed by atoms with Crippen LogP contribution in [0.1, 0.15) is 23.2 Å². The summed E-state index contributed by atoms with van der Waals surface area (Å²) < 4.78 is 5.66. The van der Waals surface area contributed by atoms with Gasteiger partial charge in [0.05, 0.1) is 6.42 Å². The topological polar surface area (TPSA) is 114 Å². The van der Waals surface area contributed by atoms with Crippen molar-refractivity contribution in [3.05, 3.63) is 76.8 Å². The third kappa shape index (κ3) is 6.64. The minimum Gasteiger partial charge on any atom is -0.455 e. The van der Waals surface area contributed by atoms with Gasteiger partial charge < -0.3 is 10.1 Å². The molecule has 0 saturated heterocycles. The Morgan fingerprint density at radius 2 is 1.50 bits per heavy atom. The SMILES string of the molecule is O=C(COC(=O)CCC(=O)Nc1cccc2ccccc12)NNC(=O)c1ccc(Br)cc1. The van der Waals surface area contributed by atoms with E-state index in [9.17, 15) is 19.2 Å². The average molecular weight is 498 g/mol. The summed E-state index contributed by atoms with van der Waals surface area (Å²) in [7, 11) is 0. The quantitative estimate of drug-likeness (QED) is 0.342. The van der Waals surface area contributed by atoms with Gasteiger partial charge in [-0.2, -0.15) is 0 Å². The summed E-state index contributed by atoms with van der Waals surface area (Å²) in [5.41, 5.74) is 5.39. The van der Waals surface area contributed by atoms with Crippen molar-refractivity contribution in [2.75, 3.05) is 11.9 Å². The normalized spacial score (nSPS) is 10.3. The number of ether oxygens (including phenoxy) is 1. The monoisotopic (exact) mass is 497 g/mol. The molecule has 0 spiro atoms. The highest BCUT2D eigenvalue weighted by Gasteiger charge is 2.12. The van der Waals surface area contributed by atoms with E-state index in [1.165, 1.54) is 0 Å². The van der Waals surface area contributed by atoms with Crippen molar-refractivity contribution in [2.24, 2.45) is 0 Å². The average Bonchev–Trinajstić information content (AvgIpc) is 2.80. The van der Waals surface area contributed by atoms with E-state index in [1.54, 1.807) is 30.3 Å². The lowest BCUT2D eigenvalue weighted by atomic mass is 10.1. The Hall–Kier alpha value is -3.72. The lowest BCUT2D eigenvalue weighted by Crippen LogP contribution is -2.43. The molecule has 0 aliphatic rings. The molecule has 0 radical (unpaired) electrons. The second-order valence-corrected chi connectivity index (χ2v) is 7.66. The summed E-state index contributed by atoms with van der Waals surface area (Å²) in [6.07, 6.45) is -0.279. The van der Waals surface area contributed by atoms with Crippen LogP contribution in [-0.4, -0.2) is 30.3 Å². The van der Waals surface area contributed by atoms with Gasteiger partial charge in [0, 0.05) is 27.5 Å². The maximum Gasteiger partial charge on any atom is 0.306 e. The summed E-state index contributed by atoms with van der Waals surface area (Å²) in [6.45, 7) is -0.579. The fraction of sp³-hybridized carbons (Fsp3) is 0.130. The molecule has 3 aromatic carbocycles. The summed E-state index contributed by atoms with van der Waals surface area (Å²) in [6, 6.07) is 19.7. The number of hydrazine groups is 1. The minimum absolute atomic E-state index is 0.0933. The van der Waals surface area contributed by atoms with Gasteiger partial charge in [0.25, 0.3) is 11.8 Å². The Bertz CT molecular complexity index is 1140. The molecular formula is C23H20BrN3O5. The van der Waals surface area contributed by atoms with Gasteiger partial charge in [-0.15, -0.1) is 0 Å². The third-order valence-corrected chi connectivity index (χ3v) is 4.93. The van der Waals surface area contributed by atoms with Crippen LogP contribution < -0.4 is 16.2 Å². The van der Waals surface area contributed by atoms with Gasteiger partial charge in [-0.25, -0.2) is 0 Å². The Kier molecular flexibility index (Phi) is 7.93. The molecular weight excluding hydrogens is 478 g/mol. The molecule has 0 atom stereocenters. The lowest BCUT2D eigenvalue weighted by Gasteiger charge is -2.09. The highest BCUT2D eigenvalue weighted by Crippen LogP contribution is 2.23. The van der Waals surface area contributed by atoms with Crippen molar-refractivity contribution < 1.29 is 23.9 Å². The molecule has 0 aliphatic heterocycles. The van der Waals surface area contributed by atoms with E-state index in [0.29, 0.717) is 11.3 Å². The number of amides is 3. The second kappa shape index (κ2) is 11.1. The Balaban J connectivity index is 1.37. The first-order chi connectivity index (χ1) is 15.4. The maximum atomic E-state index is 12.2. The van der Waals surface area contributed by atoms with E-state index >= 15 is 0 Å². The van der Waals surface area contributed by atoms with Crippen LogP contribution in [0.4, 0.5) is 5.69 Å². The molecule has 3 aromatic rings. The molecule has 9 heteroatoms. The van der Waals surface area contributed by atoms with Crippen molar-refractivity contribution in [3.63, 3.8) is 0 Å². The van der Waals surface area contributed by atoms with E-state index in [1.807, 2.05) is 36.4 Å². The summed E-state index contributed by atoms with van der Waals surface area (Å²) in [5.74, 6) is -2.26. The predicted molar refractivity (Wildman–Crippen MR) is 123 cm³/mol. The Morgan fingerprint density at radius 1 is 0.781 bits per heavy atom. The highest BCUT2D eigenvalue weighted by molar-refractivity contribution is 9.10. The number of halogens is 1. The number of esters is 1. The van der Waals surface area contributed by atoms with Crippen molar-refractivity contribution >= 4 is 56.1 Å². The first-order valence-corrected chi connectivity index (χ1v) is 10.5. The van der Waals surface area contributed by atoms with Gasteiger partial charge in [0.2, 0.25) is 5.91 Å². The van der Waals surface area contributed by atoms with E-state index in [2.05, 4.69) is 32.1 Å². The molecule has 3 N–H and O–H groups in total. The zero-order valence-electron chi connectivity index (χ0n) is 16.9. The van der Waals surface area contributed by atoms with E-state index in [4.69, 9.17) is 4.74 Å². The lowest BCUT2D eigenvalue weighted by molar-refractivity contribution is -0.149. The number of hydrogen-bond acceptors (Lipinski definition) is 5. The van der Waals surface area contributed by atoms with E-state index < -0.39 is 24.4 Å². The van der Waals surface area contributed by atoms with Crippen molar-refractivity contribution in [1.29, 1.82) is 0 Å². The molecule has 32 heavy (non-hydrogen) atoms. The van der Waals surface area contributed by atoms with Gasteiger partial charge in [-0.05, 0) is 35.7 Å². The molecule has 164 valence electrons. The molecule has 3 amide bonds. The molecule has 0 fully saturated rings. The first kappa shape index (κ1) is 23.0. The Labute approximate surface area is 192 Å². The number of carbonyl (C=O) groups is 4. The van der Waals surface area contributed by atoms with Crippen molar-refractivity contribution in [3.8, 4) is 0 Å². The molecule has 0 unspecified atom stereocenters. The van der Waals surface area contributed by atoms with Gasteiger partial charge in [-0.1, -0.05) is 52.3 Å². The summed E-state index contributed by atoms with van der Waals surface area (Å²) >= 11 is 3.26. The van der Waals surface area contributed by atoms with Crippen LogP contribution in [0.2, 0.25) is 0 Å². The molecule has 0 aromatic heterocycles. The Morgan fingerprint density at radius 3 is 2.28 bits per heavy atom. The van der Waals surface area contributed by atoms with Crippen LogP contribution in [0.15, 0.2) is 71.2 Å². The van der Waals surface area contributed by atoms with Gasteiger partial charge >= 0.3 is 5.97 Å². The van der Waals surface area contributed by atoms with Crippen molar-refractivity contribution in [2.45, 2.75) is 12.8 Å². The number of anilines is 1. The summed E-state index contributed by atoms with van der Waals surface area (Å²) in [4.78, 5) is 47.7. The highest BCUT2D eigenvalue weighted by atomic mass is 79.9. The van der Waals surface area contributed by atoms with E-state index in [-0.39, 0.29) is 18.7 Å². The molecule has 0 heterocycles. The fourth-order valence-electron chi connectivity index (χ4n) is 2.82. The third-order valence-electron chi connectivity index (χ3n) is 4.41. The zero-order valence-corrected chi connectivity index (χ0v) is 18.5. The predicted octanol–water partition coefficient (Wildman–Crippen LogP) is 3.33. The molecule has 3 rings (SSSR count). The van der Waals surface area contributed by atoms with Crippen LogP contribution in [0.5, 0.6) is 0 Å². The van der Waals surface area contributed by atoms with Gasteiger partial charge in [0.1, 0.15) is 0 Å². The number of nitrogens with one attached hydrogen (secondary N) is 3. The molecule has 8 nitrogen and oxygen atoms in total. The minimum atomic E-state index is -0.705.